The van der Waals surface area contributed by atoms with Gasteiger partial charge in [-0.25, -0.2) is 4.99 Å². The van der Waals surface area contributed by atoms with Gasteiger partial charge in [0.05, 0.1) is 42.8 Å². The van der Waals surface area contributed by atoms with Gasteiger partial charge in [-0.1, -0.05) is 38.1 Å². The van der Waals surface area contributed by atoms with Crippen molar-refractivity contribution in [2.24, 2.45) is 27.9 Å². The minimum atomic E-state index is -1.82. The average molecular weight is 843 g/mol. The van der Waals surface area contributed by atoms with Crippen molar-refractivity contribution in [3.8, 4) is 10.4 Å². The number of pyridine rings is 1. The van der Waals surface area contributed by atoms with Gasteiger partial charge in [0.15, 0.2) is 18.7 Å². The molecule has 2 N–H and O–H groups in total. The topological polar surface area (TPSA) is 188 Å². The molecule has 0 aliphatic carbocycles. The summed E-state index contributed by atoms with van der Waals surface area (Å²) in [6.07, 6.45) is -3.25. The smallest absolute Gasteiger partial charge is 0.316 e. The summed E-state index contributed by atoms with van der Waals surface area (Å²) in [4.78, 5) is 58.8. The van der Waals surface area contributed by atoms with Crippen LogP contribution in [0.25, 0.3) is 10.4 Å². The lowest BCUT2D eigenvalue weighted by molar-refractivity contribution is -0.296. The summed E-state index contributed by atoms with van der Waals surface area (Å²) in [5.41, 5.74) is -0.880. The molecule has 3 aliphatic heterocycles. The first-order valence-electron chi connectivity index (χ1n) is 20.5. The van der Waals surface area contributed by atoms with E-state index in [0.717, 1.165) is 10.4 Å². The van der Waals surface area contributed by atoms with Gasteiger partial charge in [-0.05, 0) is 84.5 Å². The second kappa shape index (κ2) is 19.9. The van der Waals surface area contributed by atoms with E-state index >= 15 is 0 Å². The van der Waals surface area contributed by atoms with Crippen LogP contribution in [0, 0.1) is 17.8 Å². The highest BCUT2D eigenvalue weighted by Crippen LogP contribution is 2.39. The van der Waals surface area contributed by atoms with Crippen molar-refractivity contribution >= 4 is 40.4 Å². The lowest BCUT2D eigenvalue weighted by Gasteiger charge is -2.47. The van der Waals surface area contributed by atoms with Crippen LogP contribution in [0.4, 0.5) is 0 Å². The number of carbonyl (C=O) groups is 3. The fourth-order valence-electron chi connectivity index (χ4n) is 8.31. The second-order valence-electron chi connectivity index (χ2n) is 16.9. The molecular weight excluding hydrogens is 781 g/mol. The van der Waals surface area contributed by atoms with E-state index in [-0.39, 0.29) is 51.2 Å². The van der Waals surface area contributed by atoms with Crippen molar-refractivity contribution in [2.45, 2.75) is 142 Å². The maximum Gasteiger partial charge on any atom is 0.316 e. The molecule has 15 nitrogen and oxygen atoms in total. The van der Waals surface area contributed by atoms with Crippen molar-refractivity contribution in [3.63, 3.8) is 0 Å². The molecule has 0 aromatic carbocycles. The fourth-order valence-corrected chi connectivity index (χ4v) is 9.03. The third-order valence-electron chi connectivity index (χ3n) is 11.8. The number of Topliss-reactive ketones (excluding diaryl/α,β-unsaturated/α-hetero) is 1. The predicted octanol–water partition coefficient (Wildman–Crippen LogP) is 5.00. The first-order chi connectivity index (χ1) is 27.8. The van der Waals surface area contributed by atoms with Gasteiger partial charge in [-0.2, -0.15) is 0 Å². The van der Waals surface area contributed by atoms with Gasteiger partial charge in [-0.15, -0.1) is 11.3 Å². The predicted molar refractivity (Wildman–Crippen MR) is 222 cm³/mol. The number of cyclic esters (lactones) is 1. The Bertz CT molecular complexity index is 1800. The SMILES string of the molecule is CC[C@@H]1OC(=O)[C@H](C)C(=O)[C@H](C)[C@@H](O[C@@H]2O[C@H](C)C[C@H](N(C)C)[C@H]2O)[C@@]2(C)C[C@@H](C)C(=NC(C)=O)C[C@H](OC/C(=N/OCc3ccc(-c4cccs4)cn3)CO2)[C@]1(C)O. The number of rotatable bonds is 8. The molecule has 0 spiro atoms. The molecule has 3 fully saturated rings. The number of ketones is 1. The summed E-state index contributed by atoms with van der Waals surface area (Å²) in [6, 6.07) is 7.51. The van der Waals surface area contributed by atoms with E-state index in [2.05, 4.69) is 15.1 Å². The van der Waals surface area contributed by atoms with Crippen molar-refractivity contribution in [1.82, 2.24) is 9.88 Å². The molecule has 5 rings (SSSR count). The number of oxime groups is 1. The highest BCUT2D eigenvalue weighted by molar-refractivity contribution is 7.13. The lowest BCUT2D eigenvalue weighted by Crippen LogP contribution is -2.59. The number of esters is 1. The number of aliphatic hydroxyl groups is 2. The van der Waals surface area contributed by atoms with Crippen molar-refractivity contribution in [2.75, 3.05) is 27.3 Å². The molecule has 5 heterocycles. The van der Waals surface area contributed by atoms with Gasteiger partial charge in [-0.3, -0.25) is 19.4 Å². The van der Waals surface area contributed by atoms with Crippen LogP contribution in [0.3, 0.4) is 0 Å². The molecule has 1 amide bonds. The molecule has 2 aromatic heterocycles. The first kappa shape index (κ1) is 46.6. The average Bonchev–Trinajstić information content (AvgIpc) is 3.73. The number of hydrogen-bond donors (Lipinski definition) is 2. The molecule has 3 saturated heterocycles. The van der Waals surface area contributed by atoms with Crippen LogP contribution in [-0.4, -0.2) is 131 Å². The normalized spacial score (nSPS) is 36.8. The number of aliphatic imine (C=N–C) groups is 1. The number of fused-ring (bicyclic) bond motifs is 5. The molecule has 326 valence electrons. The Hall–Kier alpha value is -3.48. The van der Waals surface area contributed by atoms with Gasteiger partial charge in [0.2, 0.25) is 5.91 Å². The van der Waals surface area contributed by atoms with Crippen molar-refractivity contribution in [1.29, 1.82) is 0 Å². The molecule has 0 unspecified atom stereocenters. The Morgan fingerprint density at radius 1 is 1.12 bits per heavy atom. The standard InChI is InChI=1S/C43H62N4O11S/c1-11-35-43(8,52)36-18-32(45-28(6)48)24(2)19-42(7,54-22-31(21-53-36)46-55-23-30-15-14-29(20-44-30)34-13-12-16-59-34)39(26(4)37(49)27(5)40(51)57-35)58-41-38(50)33(47(9)10)17-25(3)56-41/h12-16,20,24-27,33,35-36,38-39,41,50,52H,11,17-19,21-23H2,1-10H3/b45-32?,46-31-/t24-,25-,26+,27-,33+,35+,36+,38-,39-,41+,42-,43-/m1/s1. The molecule has 12 atom stereocenters. The number of amides is 1. The van der Waals surface area contributed by atoms with Gasteiger partial charge in [0, 0.05) is 47.7 Å². The van der Waals surface area contributed by atoms with E-state index in [1.807, 2.05) is 62.5 Å². The molecular formula is C43H62N4O11S. The molecule has 3 aliphatic rings. The van der Waals surface area contributed by atoms with Crippen LogP contribution in [0.15, 0.2) is 46.0 Å². The summed E-state index contributed by atoms with van der Waals surface area (Å²) in [5.74, 6) is -4.55. The highest BCUT2D eigenvalue weighted by Gasteiger charge is 2.51. The first-order valence-corrected chi connectivity index (χ1v) is 21.3. The summed E-state index contributed by atoms with van der Waals surface area (Å²) in [5, 5.41) is 30.3. The van der Waals surface area contributed by atoms with E-state index in [1.165, 1.54) is 20.8 Å². The maximum atomic E-state index is 14.5. The largest absolute Gasteiger partial charge is 0.459 e. The zero-order valence-electron chi connectivity index (χ0n) is 36.0. The van der Waals surface area contributed by atoms with E-state index in [4.69, 9.17) is 28.5 Å². The Balaban J connectivity index is 1.60. The summed E-state index contributed by atoms with van der Waals surface area (Å²) >= 11 is 1.62. The molecule has 16 heteroatoms. The number of aromatic nitrogens is 1. The number of hydrogen-bond acceptors (Lipinski definition) is 15. The van der Waals surface area contributed by atoms with Crippen LogP contribution < -0.4 is 0 Å². The molecule has 59 heavy (non-hydrogen) atoms. The van der Waals surface area contributed by atoms with E-state index in [1.54, 1.807) is 38.3 Å². The molecule has 2 aromatic rings. The zero-order valence-corrected chi connectivity index (χ0v) is 36.8. The van der Waals surface area contributed by atoms with E-state index in [9.17, 15) is 24.6 Å². The number of nitrogens with zero attached hydrogens (tertiary/aromatic N) is 4. The van der Waals surface area contributed by atoms with Crippen LogP contribution >= 0.6 is 11.3 Å². The third kappa shape index (κ3) is 11.3. The van der Waals surface area contributed by atoms with Crippen LogP contribution in [0.2, 0.25) is 0 Å². The fraction of sp³-hybridized carbons (Fsp3) is 0.674. The van der Waals surface area contributed by atoms with Gasteiger partial charge in [0.25, 0.3) is 0 Å². The monoisotopic (exact) mass is 842 g/mol. The minimum Gasteiger partial charge on any atom is -0.459 e. The van der Waals surface area contributed by atoms with Crippen molar-refractivity contribution in [3.05, 3.63) is 41.5 Å². The summed E-state index contributed by atoms with van der Waals surface area (Å²) in [6.45, 7) is 13.0. The minimum absolute atomic E-state index is 0.0193. The second-order valence-corrected chi connectivity index (χ2v) is 17.8. The molecule has 2 bridgehead atoms. The Morgan fingerprint density at radius 3 is 2.49 bits per heavy atom. The number of aliphatic hydroxyl groups excluding tert-OH is 1. The number of likely N-dealkylation sites (N-methyl/N-ethyl adjacent to an activating group) is 1. The van der Waals surface area contributed by atoms with E-state index in [0.29, 0.717) is 23.5 Å². The maximum absolute atomic E-state index is 14.5. The van der Waals surface area contributed by atoms with Crippen LogP contribution in [0.1, 0.15) is 86.8 Å². The van der Waals surface area contributed by atoms with Crippen LogP contribution in [-0.2, 0) is 49.5 Å². The molecule has 0 radical (unpaired) electrons. The quantitative estimate of drug-likeness (QED) is 0.206. The van der Waals surface area contributed by atoms with Crippen LogP contribution in [0.5, 0.6) is 0 Å². The Labute approximate surface area is 351 Å². The number of thiophene rings is 1. The van der Waals surface area contributed by atoms with Gasteiger partial charge >= 0.3 is 5.97 Å². The summed E-state index contributed by atoms with van der Waals surface area (Å²) < 4.78 is 32.2. The number of carbonyl (C=O) groups excluding carboxylic acids is 3. The lowest BCUT2D eigenvalue weighted by atomic mass is 9.76. The van der Waals surface area contributed by atoms with Gasteiger partial charge < -0.3 is 43.6 Å². The van der Waals surface area contributed by atoms with E-state index < -0.39 is 77.3 Å². The molecule has 0 saturated carbocycles. The zero-order chi connectivity index (χ0) is 43.2. The number of ether oxygens (including phenoxy) is 5. The third-order valence-corrected chi connectivity index (χ3v) is 12.7. The highest BCUT2D eigenvalue weighted by atomic mass is 32.1. The summed E-state index contributed by atoms with van der Waals surface area (Å²) in [7, 11) is 3.73. The Morgan fingerprint density at radius 2 is 1.86 bits per heavy atom. The Kier molecular flexibility index (Phi) is 15.7. The van der Waals surface area contributed by atoms with Crippen molar-refractivity contribution < 1.29 is 53.1 Å². The van der Waals surface area contributed by atoms with Gasteiger partial charge in [0.1, 0.15) is 29.4 Å².